The van der Waals surface area contributed by atoms with Gasteiger partial charge in [-0.3, -0.25) is 0 Å². The fraction of sp³-hybridized carbons (Fsp3) is 0.455. The molecule has 1 aromatic rings. The number of anilines is 1. The van der Waals surface area contributed by atoms with Gasteiger partial charge in [-0.25, -0.2) is 5.01 Å². The molecule has 1 saturated heterocycles. The Morgan fingerprint density at radius 3 is 2.94 bits per heavy atom. The zero-order valence-corrected chi connectivity index (χ0v) is 10.3. The Morgan fingerprint density at radius 1 is 1.31 bits per heavy atom. The highest BCUT2D eigenvalue weighted by molar-refractivity contribution is 9.10. The molecule has 4 nitrogen and oxygen atoms in total. The van der Waals surface area contributed by atoms with E-state index in [9.17, 15) is 0 Å². The fourth-order valence-corrected chi connectivity index (χ4v) is 2.33. The molecule has 0 N–H and O–H groups in total. The number of hydrogen-bond donors (Lipinski definition) is 0. The Morgan fingerprint density at radius 2 is 2.12 bits per heavy atom. The van der Waals surface area contributed by atoms with E-state index in [2.05, 4.69) is 26.3 Å². The van der Waals surface area contributed by atoms with Gasteiger partial charge in [-0.15, -0.1) is 0 Å². The van der Waals surface area contributed by atoms with Crippen LogP contribution in [0.1, 0.15) is 12.8 Å². The van der Waals surface area contributed by atoms with Crippen molar-refractivity contribution in [2.45, 2.75) is 25.1 Å². The lowest BCUT2D eigenvalue weighted by molar-refractivity contribution is 0.0126. The van der Waals surface area contributed by atoms with Crippen molar-refractivity contribution in [1.82, 2.24) is 0 Å². The Bertz CT molecular complexity index is 406. The van der Waals surface area contributed by atoms with Gasteiger partial charge < -0.3 is 4.74 Å². The van der Waals surface area contributed by atoms with E-state index in [4.69, 9.17) is 4.74 Å². The molecule has 3 rings (SSSR count). The molecule has 2 atom stereocenters. The van der Waals surface area contributed by atoms with Gasteiger partial charge in [0.05, 0.1) is 5.69 Å². The van der Waals surface area contributed by atoms with Crippen LogP contribution in [0.3, 0.4) is 0 Å². The standard InChI is InChI=1S/C11H12BrN3O/c12-8-3-5-9(6-4-8)15-11-10(13-14-15)2-1-7-16-11/h3-6,10-11H,1-2,7H2. The molecule has 84 valence electrons. The summed E-state index contributed by atoms with van der Waals surface area (Å²) in [7, 11) is 0. The van der Waals surface area contributed by atoms with E-state index in [1.165, 1.54) is 0 Å². The average Bonchev–Trinajstić information content (AvgIpc) is 2.74. The third kappa shape index (κ3) is 1.74. The van der Waals surface area contributed by atoms with Crippen LogP contribution in [0.15, 0.2) is 39.1 Å². The van der Waals surface area contributed by atoms with E-state index in [1.807, 2.05) is 29.3 Å². The first kappa shape index (κ1) is 10.2. The van der Waals surface area contributed by atoms with Crippen LogP contribution in [-0.4, -0.2) is 18.9 Å². The molecule has 2 aliphatic heterocycles. The molecule has 0 aliphatic carbocycles. The Hall–Kier alpha value is -0.940. The molecule has 2 unspecified atom stereocenters. The van der Waals surface area contributed by atoms with Crippen LogP contribution in [0.4, 0.5) is 5.69 Å². The minimum atomic E-state index is -0.00470. The van der Waals surface area contributed by atoms with Crippen LogP contribution in [0.25, 0.3) is 0 Å². The van der Waals surface area contributed by atoms with E-state index in [-0.39, 0.29) is 12.3 Å². The largest absolute Gasteiger partial charge is 0.354 e. The molecule has 5 heteroatoms. The van der Waals surface area contributed by atoms with Gasteiger partial charge in [0.2, 0.25) is 0 Å². The molecule has 0 spiro atoms. The van der Waals surface area contributed by atoms with Crippen LogP contribution >= 0.6 is 15.9 Å². The Labute approximate surface area is 102 Å². The molecule has 0 amide bonds. The summed E-state index contributed by atoms with van der Waals surface area (Å²) in [5.41, 5.74) is 1.03. The lowest BCUT2D eigenvalue weighted by Gasteiger charge is -2.29. The highest BCUT2D eigenvalue weighted by atomic mass is 79.9. The second kappa shape index (κ2) is 4.14. The molecule has 1 aromatic carbocycles. The summed E-state index contributed by atoms with van der Waals surface area (Å²) in [5, 5.41) is 10.3. The van der Waals surface area contributed by atoms with Crippen molar-refractivity contribution in [3.8, 4) is 0 Å². The molecular weight excluding hydrogens is 270 g/mol. The second-order valence-corrected chi connectivity index (χ2v) is 4.91. The number of halogens is 1. The number of nitrogens with zero attached hydrogens (tertiary/aromatic N) is 3. The van der Waals surface area contributed by atoms with E-state index in [0.29, 0.717) is 0 Å². The summed E-state index contributed by atoms with van der Waals surface area (Å²) < 4.78 is 6.79. The van der Waals surface area contributed by atoms with Crippen LogP contribution in [0.2, 0.25) is 0 Å². The summed E-state index contributed by atoms with van der Waals surface area (Å²) >= 11 is 3.42. The van der Waals surface area contributed by atoms with Gasteiger partial charge in [0.15, 0.2) is 6.23 Å². The number of fused-ring (bicyclic) bond motifs is 1. The Balaban J connectivity index is 1.85. The second-order valence-electron chi connectivity index (χ2n) is 4.00. The Kier molecular flexibility index (Phi) is 2.65. The first-order chi connectivity index (χ1) is 7.84. The van der Waals surface area contributed by atoms with E-state index in [1.54, 1.807) is 0 Å². The predicted molar refractivity (Wildman–Crippen MR) is 64.2 cm³/mol. The van der Waals surface area contributed by atoms with Gasteiger partial charge in [0, 0.05) is 11.1 Å². The SMILES string of the molecule is Brc1ccc(N2N=NC3CCCOC32)cc1. The van der Waals surface area contributed by atoms with Gasteiger partial charge in [0.25, 0.3) is 0 Å². The van der Waals surface area contributed by atoms with Crippen molar-refractivity contribution in [1.29, 1.82) is 0 Å². The zero-order chi connectivity index (χ0) is 11.0. The van der Waals surface area contributed by atoms with Crippen molar-refractivity contribution in [3.63, 3.8) is 0 Å². The molecule has 2 aliphatic rings. The molecule has 16 heavy (non-hydrogen) atoms. The summed E-state index contributed by atoms with van der Waals surface area (Å²) in [6.07, 6.45) is 2.14. The van der Waals surface area contributed by atoms with Gasteiger partial charge in [-0.1, -0.05) is 21.2 Å². The van der Waals surface area contributed by atoms with Crippen molar-refractivity contribution in [2.75, 3.05) is 11.6 Å². The third-order valence-corrected chi connectivity index (χ3v) is 3.42. The van der Waals surface area contributed by atoms with Gasteiger partial charge >= 0.3 is 0 Å². The highest BCUT2D eigenvalue weighted by Gasteiger charge is 2.36. The quantitative estimate of drug-likeness (QED) is 0.793. The summed E-state index contributed by atoms with van der Waals surface area (Å²) in [6.45, 7) is 0.805. The zero-order valence-electron chi connectivity index (χ0n) is 8.71. The van der Waals surface area contributed by atoms with Crippen molar-refractivity contribution in [2.24, 2.45) is 10.3 Å². The maximum absolute atomic E-state index is 5.73. The van der Waals surface area contributed by atoms with Gasteiger partial charge in [-0.2, -0.15) is 5.11 Å². The van der Waals surface area contributed by atoms with Crippen molar-refractivity contribution in [3.05, 3.63) is 28.7 Å². The van der Waals surface area contributed by atoms with Gasteiger partial charge in [0.1, 0.15) is 6.04 Å². The molecule has 0 radical (unpaired) electrons. The molecule has 0 bridgehead atoms. The van der Waals surface area contributed by atoms with Crippen LogP contribution in [0.5, 0.6) is 0 Å². The monoisotopic (exact) mass is 281 g/mol. The van der Waals surface area contributed by atoms with Crippen LogP contribution < -0.4 is 5.01 Å². The summed E-state index contributed by atoms with van der Waals surface area (Å²) in [5.74, 6) is 0. The fourth-order valence-electron chi connectivity index (χ4n) is 2.06. The lowest BCUT2D eigenvalue weighted by atomic mass is 10.1. The normalized spacial score (nSPS) is 28.2. The molecule has 2 heterocycles. The maximum atomic E-state index is 5.73. The predicted octanol–water partition coefficient (Wildman–Crippen LogP) is 3.14. The van der Waals surface area contributed by atoms with Crippen LogP contribution in [0, 0.1) is 0 Å². The average molecular weight is 282 g/mol. The minimum absolute atomic E-state index is 0.00470. The van der Waals surface area contributed by atoms with E-state index >= 15 is 0 Å². The summed E-state index contributed by atoms with van der Waals surface area (Å²) in [4.78, 5) is 0. The van der Waals surface area contributed by atoms with Crippen LogP contribution in [-0.2, 0) is 4.74 Å². The number of hydrogen-bond acceptors (Lipinski definition) is 4. The molecule has 0 aromatic heterocycles. The summed E-state index contributed by atoms with van der Waals surface area (Å²) in [6, 6.07) is 8.24. The minimum Gasteiger partial charge on any atom is -0.354 e. The third-order valence-electron chi connectivity index (χ3n) is 2.89. The first-order valence-corrected chi connectivity index (χ1v) is 6.21. The molecular formula is C11H12BrN3O. The smallest absolute Gasteiger partial charge is 0.176 e. The van der Waals surface area contributed by atoms with E-state index < -0.39 is 0 Å². The number of rotatable bonds is 1. The highest BCUT2D eigenvalue weighted by Crippen LogP contribution is 2.31. The number of ether oxygens (including phenoxy) is 1. The van der Waals surface area contributed by atoms with Crippen molar-refractivity contribution < 1.29 is 4.74 Å². The molecule has 1 fully saturated rings. The maximum Gasteiger partial charge on any atom is 0.176 e. The van der Waals surface area contributed by atoms with E-state index in [0.717, 1.165) is 29.6 Å². The first-order valence-electron chi connectivity index (χ1n) is 5.42. The topological polar surface area (TPSA) is 37.2 Å². The lowest BCUT2D eigenvalue weighted by Crippen LogP contribution is -2.40. The van der Waals surface area contributed by atoms with Crippen molar-refractivity contribution >= 4 is 21.6 Å². The molecule has 0 saturated carbocycles. The van der Waals surface area contributed by atoms with Gasteiger partial charge in [-0.05, 0) is 37.1 Å². The number of benzene rings is 1.